The molecule has 37 heavy (non-hydrogen) atoms. The highest BCUT2D eigenvalue weighted by atomic mass is 19.3. The molecule has 0 aliphatic carbocycles. The minimum absolute atomic E-state index is 0.0436. The van der Waals surface area contributed by atoms with Crippen LogP contribution in [-0.4, -0.2) is 66.1 Å². The summed E-state index contributed by atoms with van der Waals surface area (Å²) >= 11 is 0. The van der Waals surface area contributed by atoms with Gasteiger partial charge in [0.2, 0.25) is 5.91 Å². The van der Waals surface area contributed by atoms with E-state index in [0.29, 0.717) is 25.1 Å². The summed E-state index contributed by atoms with van der Waals surface area (Å²) in [6.07, 6.45) is 1.53. The molecule has 200 valence electrons. The van der Waals surface area contributed by atoms with Crippen LogP contribution in [0.3, 0.4) is 0 Å². The molecule has 2 heterocycles. The van der Waals surface area contributed by atoms with Gasteiger partial charge in [-0.05, 0) is 57.0 Å². The fourth-order valence-corrected chi connectivity index (χ4v) is 4.18. The third kappa shape index (κ3) is 7.37. The molecular formula is C26H31F2N3O6. The highest BCUT2D eigenvalue weighted by molar-refractivity contribution is 5.95. The number of esters is 1. The number of hydrogen-bond donors (Lipinski definition) is 1. The second kappa shape index (κ2) is 12.5. The predicted octanol–water partition coefficient (Wildman–Crippen LogP) is 3.78. The number of nitrogens with zero attached hydrogens (tertiary/aromatic N) is 2. The van der Waals surface area contributed by atoms with Crippen LogP contribution in [0.4, 0.5) is 8.78 Å². The second-order valence-corrected chi connectivity index (χ2v) is 8.90. The molecule has 2 aromatic rings. The van der Waals surface area contributed by atoms with Crippen LogP contribution in [-0.2, 0) is 9.53 Å². The first-order valence-electron chi connectivity index (χ1n) is 12.0. The Kier molecular flexibility index (Phi) is 9.37. The van der Waals surface area contributed by atoms with E-state index in [1.807, 2.05) is 0 Å². The molecule has 11 heteroatoms. The van der Waals surface area contributed by atoms with E-state index in [2.05, 4.69) is 15.0 Å². The van der Waals surface area contributed by atoms with Crippen molar-refractivity contribution in [3.8, 4) is 11.5 Å². The molecule has 0 unspecified atom stereocenters. The zero-order valence-electron chi connectivity index (χ0n) is 21.2. The Labute approximate surface area is 214 Å². The van der Waals surface area contributed by atoms with Gasteiger partial charge in [-0.25, -0.2) is 9.78 Å². The maximum atomic E-state index is 12.8. The minimum Gasteiger partial charge on any atom is -0.487 e. The average molecular weight is 520 g/mol. The van der Waals surface area contributed by atoms with Gasteiger partial charge in [0.15, 0.2) is 11.5 Å². The number of pyridine rings is 1. The summed E-state index contributed by atoms with van der Waals surface area (Å²) in [4.78, 5) is 42.3. The zero-order valence-corrected chi connectivity index (χ0v) is 21.2. The number of ether oxygens (including phenoxy) is 3. The van der Waals surface area contributed by atoms with Crippen molar-refractivity contribution in [3.05, 3.63) is 53.3 Å². The maximum absolute atomic E-state index is 12.8. The fraction of sp³-hybridized carbons (Fsp3) is 0.462. The van der Waals surface area contributed by atoms with Crippen molar-refractivity contribution in [2.45, 2.75) is 58.8 Å². The van der Waals surface area contributed by atoms with Crippen LogP contribution in [0.15, 0.2) is 36.5 Å². The quantitative estimate of drug-likeness (QED) is 0.476. The van der Waals surface area contributed by atoms with Gasteiger partial charge in [0.05, 0.1) is 17.7 Å². The maximum Gasteiger partial charge on any atom is 0.387 e. The lowest BCUT2D eigenvalue weighted by atomic mass is 9.96. The molecule has 2 amide bonds. The molecule has 1 aromatic heterocycles. The third-order valence-corrected chi connectivity index (χ3v) is 5.82. The number of aromatic nitrogens is 1. The molecule has 0 spiro atoms. The first kappa shape index (κ1) is 27.8. The van der Waals surface area contributed by atoms with Gasteiger partial charge in [-0.15, -0.1) is 0 Å². The molecule has 1 saturated heterocycles. The third-order valence-electron chi connectivity index (χ3n) is 5.82. The van der Waals surface area contributed by atoms with Crippen LogP contribution < -0.4 is 14.8 Å². The number of carbonyl (C=O) groups is 3. The largest absolute Gasteiger partial charge is 0.487 e. The molecule has 1 aromatic carbocycles. The van der Waals surface area contributed by atoms with Crippen LogP contribution >= 0.6 is 0 Å². The molecule has 1 aliphatic rings. The normalized spacial score (nSPS) is 17.1. The summed E-state index contributed by atoms with van der Waals surface area (Å²) in [5.74, 6) is -1.14. The molecule has 3 rings (SSSR count). The van der Waals surface area contributed by atoms with Crippen molar-refractivity contribution in [2.75, 3.05) is 19.7 Å². The van der Waals surface area contributed by atoms with Crippen molar-refractivity contribution in [1.29, 1.82) is 0 Å². The van der Waals surface area contributed by atoms with E-state index in [1.165, 1.54) is 31.3 Å². The second-order valence-electron chi connectivity index (χ2n) is 8.90. The Balaban J connectivity index is 1.69. The number of rotatable bonds is 10. The van der Waals surface area contributed by atoms with Crippen LogP contribution in [0.1, 0.15) is 66.4 Å². The lowest BCUT2D eigenvalue weighted by Crippen LogP contribution is -2.37. The van der Waals surface area contributed by atoms with Crippen LogP contribution in [0.25, 0.3) is 0 Å². The van der Waals surface area contributed by atoms with E-state index < -0.39 is 12.6 Å². The number of nitrogens with one attached hydrogen (secondary N) is 1. The average Bonchev–Trinajstić information content (AvgIpc) is 3.28. The van der Waals surface area contributed by atoms with Gasteiger partial charge in [0.25, 0.3) is 5.91 Å². The Bertz CT molecular complexity index is 1110. The molecule has 2 atom stereocenters. The predicted molar refractivity (Wildman–Crippen MR) is 130 cm³/mol. The van der Waals surface area contributed by atoms with Crippen LogP contribution in [0, 0.1) is 0 Å². The Hall–Kier alpha value is -3.76. The van der Waals surface area contributed by atoms with Gasteiger partial charge in [-0.3, -0.25) is 9.59 Å². The van der Waals surface area contributed by atoms with Crippen molar-refractivity contribution >= 4 is 17.8 Å². The van der Waals surface area contributed by atoms with E-state index >= 15 is 0 Å². The van der Waals surface area contributed by atoms with Crippen molar-refractivity contribution < 1.29 is 37.4 Å². The van der Waals surface area contributed by atoms with Crippen molar-refractivity contribution in [2.24, 2.45) is 0 Å². The smallest absolute Gasteiger partial charge is 0.387 e. The van der Waals surface area contributed by atoms with Crippen molar-refractivity contribution in [3.63, 3.8) is 0 Å². The molecule has 0 bridgehead atoms. The van der Waals surface area contributed by atoms with Gasteiger partial charge >= 0.3 is 12.6 Å². The number of carbonyl (C=O) groups excluding carboxylic acids is 3. The Morgan fingerprint density at radius 2 is 1.89 bits per heavy atom. The first-order valence-corrected chi connectivity index (χ1v) is 12.0. The minimum atomic E-state index is -2.99. The van der Waals surface area contributed by atoms with Crippen LogP contribution in [0.5, 0.6) is 11.5 Å². The van der Waals surface area contributed by atoms with Crippen molar-refractivity contribution in [1.82, 2.24) is 15.2 Å². The highest BCUT2D eigenvalue weighted by Gasteiger charge is 2.36. The van der Waals surface area contributed by atoms with E-state index in [0.717, 1.165) is 5.56 Å². The summed E-state index contributed by atoms with van der Waals surface area (Å²) < 4.78 is 41.3. The van der Waals surface area contributed by atoms with E-state index in [9.17, 15) is 23.2 Å². The lowest BCUT2D eigenvalue weighted by Gasteiger charge is -2.22. The Morgan fingerprint density at radius 1 is 1.14 bits per heavy atom. The number of likely N-dealkylation sites (tertiary alicyclic amines) is 1. The summed E-state index contributed by atoms with van der Waals surface area (Å²) in [6, 6.07) is 7.26. The van der Waals surface area contributed by atoms with Gasteiger partial charge in [-0.2, -0.15) is 8.78 Å². The van der Waals surface area contributed by atoms with Crippen LogP contribution in [0.2, 0.25) is 0 Å². The van der Waals surface area contributed by atoms with Gasteiger partial charge < -0.3 is 24.4 Å². The number of benzene rings is 1. The molecule has 1 N–H and O–H groups in total. The van der Waals surface area contributed by atoms with Gasteiger partial charge in [0, 0.05) is 32.1 Å². The summed E-state index contributed by atoms with van der Waals surface area (Å²) in [5.41, 5.74) is 1.16. The molecule has 0 radical (unpaired) electrons. The topological polar surface area (TPSA) is 107 Å². The van der Waals surface area contributed by atoms with E-state index in [-0.39, 0.29) is 53.7 Å². The SMILES string of the molecule is CCNC(=O)c1ccc(C(=O)OC[C@H]2C[C@@H](c3ccc(OC(F)F)c(OC(C)C)c3)CN2C(C)=O)nc1. The number of alkyl halides is 2. The van der Waals surface area contributed by atoms with Gasteiger partial charge in [-0.1, -0.05) is 6.07 Å². The van der Waals surface area contributed by atoms with Gasteiger partial charge in [0.1, 0.15) is 12.3 Å². The lowest BCUT2D eigenvalue weighted by molar-refractivity contribution is -0.130. The summed E-state index contributed by atoms with van der Waals surface area (Å²) in [5, 5.41) is 2.65. The molecular weight excluding hydrogens is 488 g/mol. The van der Waals surface area contributed by atoms with E-state index in [1.54, 1.807) is 37.8 Å². The molecule has 9 nitrogen and oxygen atoms in total. The van der Waals surface area contributed by atoms with E-state index in [4.69, 9.17) is 9.47 Å². The fourth-order valence-electron chi connectivity index (χ4n) is 4.18. The number of amides is 2. The molecule has 1 fully saturated rings. The molecule has 0 saturated carbocycles. The monoisotopic (exact) mass is 519 g/mol. The first-order chi connectivity index (χ1) is 17.6. The Morgan fingerprint density at radius 3 is 2.49 bits per heavy atom. The summed E-state index contributed by atoms with van der Waals surface area (Å²) in [7, 11) is 0. The number of hydrogen-bond acceptors (Lipinski definition) is 7. The summed E-state index contributed by atoms with van der Waals surface area (Å²) in [6.45, 7) is 4.59. The zero-order chi connectivity index (χ0) is 27.1. The highest BCUT2D eigenvalue weighted by Crippen LogP contribution is 2.38. The molecule has 1 aliphatic heterocycles. The number of halogens is 2. The standard InChI is InChI=1S/C26H31F2N3O6/c1-5-29-24(33)18-6-8-21(30-12-18)25(34)35-14-20-10-19(13-31(20)16(4)32)17-7-9-22(37-26(27)28)23(11-17)36-15(2)3/h6-9,11-12,15,19-20,26H,5,10,13-14H2,1-4H3,(H,29,33)/t19-,20-/m1/s1.